The lowest BCUT2D eigenvalue weighted by molar-refractivity contribution is -0.139. The molecule has 0 saturated carbocycles. The molecule has 5 N–H and O–H groups in total. The van der Waals surface area contributed by atoms with E-state index in [9.17, 15) is 14.7 Å². The van der Waals surface area contributed by atoms with Gasteiger partial charge in [0.05, 0.1) is 6.04 Å². The van der Waals surface area contributed by atoms with E-state index in [1.54, 1.807) is 19.1 Å². The lowest BCUT2D eigenvalue weighted by Gasteiger charge is -2.30. The number of phenols is 1. The van der Waals surface area contributed by atoms with E-state index in [1.165, 1.54) is 21.6 Å². The van der Waals surface area contributed by atoms with Gasteiger partial charge in [-0.3, -0.25) is 9.59 Å². The number of benzene rings is 2. The van der Waals surface area contributed by atoms with Gasteiger partial charge in [0.15, 0.2) is 0 Å². The van der Waals surface area contributed by atoms with Crippen LogP contribution in [0, 0.1) is 27.7 Å². The molecule has 6 nitrogen and oxygen atoms in total. The van der Waals surface area contributed by atoms with Crippen molar-refractivity contribution in [3.8, 4) is 5.75 Å². The summed E-state index contributed by atoms with van der Waals surface area (Å²) in [4.78, 5) is 26.6. The number of halogens is 1. The molecule has 0 aliphatic rings. The Bertz CT molecular complexity index is 918. The summed E-state index contributed by atoms with van der Waals surface area (Å²) in [7, 11) is 0. The number of aryl methyl sites for hydroxylation is 4. The minimum Gasteiger partial charge on any atom is -0.508 e. The first-order valence-electron chi connectivity index (χ1n) is 10.7. The van der Waals surface area contributed by atoms with Gasteiger partial charge >= 0.3 is 0 Å². The number of nitrogens with zero attached hydrogens (tertiary/aromatic N) is 1. The maximum atomic E-state index is 13.2. The third-order valence-corrected chi connectivity index (χ3v) is 6.05. The van der Waals surface area contributed by atoms with Crippen LogP contribution in [0.4, 0.5) is 0 Å². The second-order valence-electron chi connectivity index (χ2n) is 8.45. The van der Waals surface area contributed by atoms with Crippen LogP contribution in [0.3, 0.4) is 0 Å². The minimum absolute atomic E-state index is 0. The first-order valence-corrected chi connectivity index (χ1v) is 10.7. The fraction of sp³-hybridized carbons (Fsp3) is 0.440. The molecule has 32 heavy (non-hydrogen) atoms. The maximum Gasteiger partial charge on any atom is 0.240 e. The largest absolute Gasteiger partial charge is 0.508 e. The summed E-state index contributed by atoms with van der Waals surface area (Å²) in [6.45, 7) is 9.97. The first-order chi connectivity index (χ1) is 14.5. The van der Waals surface area contributed by atoms with Gasteiger partial charge < -0.3 is 21.5 Å². The second-order valence-corrected chi connectivity index (χ2v) is 8.45. The van der Waals surface area contributed by atoms with Crippen molar-refractivity contribution in [2.24, 2.45) is 11.5 Å². The summed E-state index contributed by atoms with van der Waals surface area (Å²) in [6, 6.07) is 7.97. The molecule has 0 aromatic heterocycles. The molecule has 0 fully saturated rings. The van der Waals surface area contributed by atoms with Crippen molar-refractivity contribution < 1.29 is 14.7 Å². The van der Waals surface area contributed by atoms with Gasteiger partial charge in [-0.25, -0.2) is 0 Å². The fourth-order valence-corrected chi connectivity index (χ4v) is 4.13. The summed E-state index contributed by atoms with van der Waals surface area (Å²) < 4.78 is 0. The molecular formula is C25H36ClN3O3. The highest BCUT2D eigenvalue weighted by molar-refractivity contribution is 5.89. The summed E-state index contributed by atoms with van der Waals surface area (Å²) >= 11 is 0. The number of carbonyl (C=O) groups excluding carboxylic acids is 2. The number of aromatic hydroxyl groups is 1. The summed E-state index contributed by atoms with van der Waals surface area (Å²) in [5.74, 6) is -0.654. The van der Waals surface area contributed by atoms with Crippen LogP contribution in [-0.2, 0) is 22.4 Å². The summed E-state index contributed by atoms with van der Waals surface area (Å²) in [6.07, 6.45) is 1.84. The maximum absolute atomic E-state index is 13.2. The number of amides is 2. The molecule has 0 spiro atoms. The van der Waals surface area contributed by atoms with Gasteiger partial charge in [0.1, 0.15) is 11.8 Å². The predicted octanol–water partition coefficient (Wildman–Crippen LogP) is 3.25. The monoisotopic (exact) mass is 461 g/mol. The molecular weight excluding hydrogens is 426 g/mol. The Morgan fingerprint density at radius 1 is 1.00 bits per heavy atom. The van der Waals surface area contributed by atoms with Crippen LogP contribution >= 0.6 is 12.4 Å². The highest BCUT2D eigenvalue weighted by atomic mass is 35.5. The quantitative estimate of drug-likeness (QED) is 0.532. The van der Waals surface area contributed by atoms with E-state index in [4.69, 9.17) is 11.5 Å². The Hall–Kier alpha value is -2.57. The van der Waals surface area contributed by atoms with Gasteiger partial charge in [-0.1, -0.05) is 18.2 Å². The molecule has 0 saturated heterocycles. The molecule has 7 heteroatoms. The van der Waals surface area contributed by atoms with Crippen LogP contribution in [0.1, 0.15) is 46.7 Å². The average molecular weight is 462 g/mol. The van der Waals surface area contributed by atoms with Crippen LogP contribution in [0.25, 0.3) is 0 Å². The van der Waals surface area contributed by atoms with E-state index in [0.717, 1.165) is 23.1 Å². The molecule has 2 amide bonds. The number of primary amides is 1. The van der Waals surface area contributed by atoms with Crippen LogP contribution in [-0.4, -0.2) is 40.4 Å². The SMILES string of the molecule is Cc1cccc(C)c1CCCN(C(=O)[C@@H](N)Cc1c(C)cc(O)cc1C)[C@H](C)C(N)=O.Cl. The second kappa shape index (κ2) is 11.9. The van der Waals surface area contributed by atoms with Crippen molar-refractivity contribution >= 4 is 24.2 Å². The fourth-order valence-electron chi connectivity index (χ4n) is 4.13. The highest BCUT2D eigenvalue weighted by Gasteiger charge is 2.28. The Balaban J connectivity index is 0.00000512. The van der Waals surface area contributed by atoms with Crippen molar-refractivity contribution in [2.75, 3.05) is 6.54 Å². The van der Waals surface area contributed by atoms with E-state index in [2.05, 4.69) is 26.0 Å². The van der Waals surface area contributed by atoms with Crippen molar-refractivity contribution in [3.63, 3.8) is 0 Å². The molecule has 0 aliphatic carbocycles. The zero-order chi connectivity index (χ0) is 23.3. The zero-order valence-corrected chi connectivity index (χ0v) is 20.5. The molecule has 0 unspecified atom stereocenters. The Labute approximate surface area is 197 Å². The number of carbonyl (C=O) groups is 2. The molecule has 0 radical (unpaired) electrons. The van der Waals surface area contributed by atoms with Crippen molar-refractivity contribution in [1.82, 2.24) is 4.90 Å². The van der Waals surface area contributed by atoms with E-state index < -0.39 is 18.0 Å². The van der Waals surface area contributed by atoms with Crippen LogP contribution in [0.2, 0.25) is 0 Å². The van der Waals surface area contributed by atoms with Gasteiger partial charge in [0.25, 0.3) is 0 Å². The van der Waals surface area contributed by atoms with E-state index >= 15 is 0 Å². The first kappa shape index (κ1) is 27.5. The third kappa shape index (κ3) is 6.71. The standard InChI is InChI=1S/C25H35N3O3.ClH/c1-15-8-6-9-16(2)21(15)10-7-11-28(19(5)24(27)30)25(31)23(26)14-22-17(3)12-20(29)13-18(22)4;/h6,8-9,12-13,19,23,29H,7,10-11,14,26H2,1-5H3,(H2,27,30);1H/t19-,23+;/m1./s1. The third-order valence-electron chi connectivity index (χ3n) is 6.05. The molecule has 2 aromatic carbocycles. The Morgan fingerprint density at radius 3 is 2.03 bits per heavy atom. The lowest BCUT2D eigenvalue weighted by Crippen LogP contribution is -2.53. The van der Waals surface area contributed by atoms with Gasteiger partial charge in [-0.2, -0.15) is 0 Å². The number of rotatable bonds is 9. The van der Waals surface area contributed by atoms with Crippen LogP contribution < -0.4 is 11.5 Å². The number of hydrogen-bond acceptors (Lipinski definition) is 4. The zero-order valence-electron chi connectivity index (χ0n) is 19.6. The van der Waals surface area contributed by atoms with Gasteiger partial charge in [0.2, 0.25) is 11.8 Å². The smallest absolute Gasteiger partial charge is 0.240 e. The summed E-state index contributed by atoms with van der Waals surface area (Å²) in [5, 5.41) is 9.76. The Morgan fingerprint density at radius 2 is 1.53 bits per heavy atom. The van der Waals surface area contributed by atoms with E-state index in [1.807, 2.05) is 19.9 Å². The molecule has 0 aliphatic heterocycles. The topological polar surface area (TPSA) is 110 Å². The average Bonchev–Trinajstić information content (AvgIpc) is 2.68. The van der Waals surface area contributed by atoms with Crippen molar-refractivity contribution in [3.05, 3.63) is 63.7 Å². The van der Waals surface area contributed by atoms with E-state index in [-0.39, 0.29) is 24.1 Å². The van der Waals surface area contributed by atoms with Crippen molar-refractivity contribution in [1.29, 1.82) is 0 Å². The van der Waals surface area contributed by atoms with Gasteiger partial charge in [-0.15, -0.1) is 12.4 Å². The molecule has 0 bridgehead atoms. The predicted molar refractivity (Wildman–Crippen MR) is 131 cm³/mol. The highest BCUT2D eigenvalue weighted by Crippen LogP contribution is 2.22. The number of hydrogen-bond donors (Lipinski definition) is 3. The Kier molecular flexibility index (Phi) is 10.2. The van der Waals surface area contributed by atoms with Crippen LogP contribution in [0.5, 0.6) is 5.75 Å². The normalized spacial score (nSPS) is 12.6. The number of nitrogens with two attached hydrogens (primary N) is 2. The van der Waals surface area contributed by atoms with Crippen LogP contribution in [0.15, 0.2) is 30.3 Å². The molecule has 2 aromatic rings. The minimum atomic E-state index is -0.802. The lowest BCUT2D eigenvalue weighted by atomic mass is 9.95. The van der Waals surface area contributed by atoms with E-state index in [0.29, 0.717) is 19.4 Å². The van der Waals surface area contributed by atoms with Crippen molar-refractivity contribution in [2.45, 2.75) is 66.0 Å². The van der Waals surface area contributed by atoms with Gasteiger partial charge in [-0.05, 0) is 99.4 Å². The van der Waals surface area contributed by atoms with Gasteiger partial charge in [0, 0.05) is 6.54 Å². The summed E-state index contributed by atoms with van der Waals surface area (Å²) in [5.41, 5.74) is 18.2. The molecule has 176 valence electrons. The molecule has 2 rings (SSSR count). The molecule has 2 atom stereocenters. The number of phenolic OH excluding ortho intramolecular Hbond substituents is 1. The molecule has 0 heterocycles.